The third-order valence-electron chi connectivity index (χ3n) is 3.29. The number of unbranched alkanes of at least 4 members (excludes halogenated alkanes) is 5. The molecule has 0 rings (SSSR count). The van der Waals surface area contributed by atoms with E-state index in [1.807, 2.05) is 0 Å². The van der Waals surface area contributed by atoms with Gasteiger partial charge in [0, 0.05) is 26.7 Å². The molecule has 1 unspecified atom stereocenters. The minimum absolute atomic E-state index is 0.0384. The Morgan fingerprint density at radius 1 is 1.11 bits per heavy atom. The van der Waals surface area contributed by atoms with Gasteiger partial charge in [0.2, 0.25) is 5.91 Å². The van der Waals surface area contributed by atoms with Gasteiger partial charge in [-0.25, -0.2) is 0 Å². The van der Waals surface area contributed by atoms with E-state index in [0.717, 1.165) is 26.2 Å². The highest BCUT2D eigenvalue weighted by molar-refractivity contribution is 5.72. The molecular weight excluding hydrogens is 238 g/mol. The smallest absolute Gasteiger partial charge is 0.216 e. The lowest BCUT2D eigenvalue weighted by atomic mass is 10.0. The third kappa shape index (κ3) is 15.4. The van der Waals surface area contributed by atoms with Crippen LogP contribution >= 0.6 is 0 Å². The average Bonchev–Trinajstić information content (AvgIpc) is 2.37. The lowest BCUT2D eigenvalue weighted by Gasteiger charge is -2.12. The van der Waals surface area contributed by atoms with E-state index >= 15 is 0 Å². The van der Waals surface area contributed by atoms with E-state index in [4.69, 9.17) is 4.74 Å². The minimum atomic E-state index is 0.0384. The third-order valence-corrected chi connectivity index (χ3v) is 3.29. The van der Waals surface area contributed by atoms with Gasteiger partial charge in [-0.3, -0.25) is 4.79 Å². The normalized spacial score (nSPS) is 12.4. The van der Waals surface area contributed by atoms with E-state index < -0.39 is 0 Å². The van der Waals surface area contributed by atoms with Gasteiger partial charge in [-0.1, -0.05) is 52.4 Å². The number of carbonyl (C=O) groups is 1. The van der Waals surface area contributed by atoms with Crippen LogP contribution in [0.4, 0.5) is 0 Å². The number of hydrogen-bond donors (Lipinski definition) is 1. The minimum Gasteiger partial charge on any atom is -0.381 e. The van der Waals surface area contributed by atoms with Crippen LogP contribution in [0.5, 0.6) is 0 Å². The molecule has 3 nitrogen and oxygen atoms in total. The van der Waals surface area contributed by atoms with E-state index in [-0.39, 0.29) is 5.91 Å². The second-order valence-electron chi connectivity index (χ2n) is 5.57. The molecule has 0 aromatic rings. The van der Waals surface area contributed by atoms with Gasteiger partial charge in [0.1, 0.15) is 0 Å². The number of ether oxygens (including phenoxy) is 1. The lowest BCUT2D eigenvalue weighted by molar-refractivity contribution is -0.119. The summed E-state index contributed by atoms with van der Waals surface area (Å²) in [6, 6.07) is 0. The molecule has 0 bridgehead atoms. The zero-order chi connectivity index (χ0) is 14.3. The van der Waals surface area contributed by atoms with Crippen molar-refractivity contribution in [3.8, 4) is 0 Å². The summed E-state index contributed by atoms with van der Waals surface area (Å²) in [6.07, 6.45) is 10.4. The summed E-state index contributed by atoms with van der Waals surface area (Å²) >= 11 is 0. The van der Waals surface area contributed by atoms with Crippen molar-refractivity contribution in [2.24, 2.45) is 5.92 Å². The van der Waals surface area contributed by atoms with Crippen molar-refractivity contribution in [2.75, 3.05) is 19.8 Å². The summed E-state index contributed by atoms with van der Waals surface area (Å²) in [5.74, 6) is 0.698. The van der Waals surface area contributed by atoms with E-state index in [0.29, 0.717) is 5.92 Å². The van der Waals surface area contributed by atoms with Crippen molar-refractivity contribution in [1.29, 1.82) is 0 Å². The highest BCUT2D eigenvalue weighted by Gasteiger charge is 2.02. The van der Waals surface area contributed by atoms with Crippen molar-refractivity contribution in [2.45, 2.75) is 72.1 Å². The number of hydrogen-bond acceptors (Lipinski definition) is 2. The Kier molecular flexibility index (Phi) is 13.4. The molecule has 1 atom stereocenters. The number of nitrogens with one attached hydrogen (secondary N) is 1. The first kappa shape index (κ1) is 18.4. The summed E-state index contributed by atoms with van der Waals surface area (Å²) in [6.45, 7) is 8.39. The van der Waals surface area contributed by atoms with Gasteiger partial charge in [0.25, 0.3) is 0 Å². The number of amides is 1. The number of rotatable bonds is 13. The fourth-order valence-corrected chi connectivity index (χ4v) is 2.08. The first-order valence-electron chi connectivity index (χ1n) is 7.99. The van der Waals surface area contributed by atoms with Crippen LogP contribution in [0.1, 0.15) is 72.1 Å². The highest BCUT2D eigenvalue weighted by Crippen LogP contribution is 2.12. The van der Waals surface area contributed by atoms with E-state index in [9.17, 15) is 4.79 Å². The molecule has 0 spiro atoms. The predicted molar refractivity (Wildman–Crippen MR) is 81.3 cm³/mol. The Bertz CT molecular complexity index is 207. The van der Waals surface area contributed by atoms with Crippen molar-refractivity contribution < 1.29 is 9.53 Å². The van der Waals surface area contributed by atoms with E-state index in [1.54, 1.807) is 6.92 Å². The van der Waals surface area contributed by atoms with Crippen molar-refractivity contribution in [1.82, 2.24) is 5.32 Å². The average molecular weight is 271 g/mol. The van der Waals surface area contributed by atoms with Crippen LogP contribution in [0.2, 0.25) is 0 Å². The van der Waals surface area contributed by atoms with Crippen LogP contribution in [0.25, 0.3) is 0 Å². The Hall–Kier alpha value is -0.570. The molecular formula is C16H33NO2. The fourth-order valence-electron chi connectivity index (χ4n) is 2.08. The van der Waals surface area contributed by atoms with E-state index in [1.165, 1.54) is 44.9 Å². The highest BCUT2D eigenvalue weighted by atomic mass is 16.5. The van der Waals surface area contributed by atoms with Gasteiger partial charge in [0.05, 0.1) is 0 Å². The first-order chi connectivity index (χ1) is 9.16. The molecule has 3 heteroatoms. The molecule has 0 heterocycles. The zero-order valence-electron chi connectivity index (χ0n) is 13.2. The van der Waals surface area contributed by atoms with Crippen molar-refractivity contribution >= 4 is 5.91 Å². The quantitative estimate of drug-likeness (QED) is 0.516. The summed E-state index contributed by atoms with van der Waals surface area (Å²) in [5.41, 5.74) is 0. The summed E-state index contributed by atoms with van der Waals surface area (Å²) in [4.78, 5) is 10.6. The molecule has 0 saturated heterocycles. The van der Waals surface area contributed by atoms with Crippen LogP contribution < -0.4 is 5.32 Å². The van der Waals surface area contributed by atoms with Gasteiger partial charge < -0.3 is 10.1 Å². The molecule has 0 radical (unpaired) electrons. The topological polar surface area (TPSA) is 38.3 Å². The van der Waals surface area contributed by atoms with E-state index in [2.05, 4.69) is 19.2 Å². The van der Waals surface area contributed by atoms with Crippen molar-refractivity contribution in [3.63, 3.8) is 0 Å². The molecule has 0 aliphatic carbocycles. The molecule has 1 N–H and O–H groups in total. The zero-order valence-corrected chi connectivity index (χ0v) is 13.2. The standard InChI is InChI=1S/C16H33NO2/c1-4-5-6-7-8-9-11-15(2)14-19-13-10-12-17-16(3)18/h15H,4-14H2,1-3H3,(H,17,18). The second-order valence-corrected chi connectivity index (χ2v) is 5.57. The Balaban J connectivity index is 3.16. The summed E-state index contributed by atoms with van der Waals surface area (Å²) < 4.78 is 5.62. The largest absolute Gasteiger partial charge is 0.381 e. The summed E-state index contributed by atoms with van der Waals surface area (Å²) in [5, 5.41) is 2.77. The van der Waals surface area contributed by atoms with Crippen LogP contribution in [0.15, 0.2) is 0 Å². The van der Waals surface area contributed by atoms with Crippen LogP contribution in [0.3, 0.4) is 0 Å². The molecule has 0 fully saturated rings. The molecule has 0 aromatic carbocycles. The molecule has 0 aliphatic rings. The monoisotopic (exact) mass is 271 g/mol. The molecule has 0 saturated carbocycles. The number of carbonyl (C=O) groups excluding carboxylic acids is 1. The Morgan fingerprint density at radius 2 is 1.79 bits per heavy atom. The Labute approximate surface area is 119 Å². The molecule has 114 valence electrons. The summed E-state index contributed by atoms with van der Waals surface area (Å²) in [7, 11) is 0. The molecule has 19 heavy (non-hydrogen) atoms. The second kappa shape index (κ2) is 13.9. The van der Waals surface area contributed by atoms with Crippen LogP contribution in [0, 0.1) is 5.92 Å². The lowest BCUT2D eigenvalue weighted by Crippen LogP contribution is -2.22. The van der Waals surface area contributed by atoms with Crippen molar-refractivity contribution in [3.05, 3.63) is 0 Å². The SMILES string of the molecule is CCCCCCCCC(C)COCCCNC(C)=O. The molecule has 1 amide bonds. The predicted octanol–water partition coefficient (Wildman–Crippen LogP) is 3.92. The van der Waals surface area contributed by atoms with Gasteiger partial charge >= 0.3 is 0 Å². The van der Waals surface area contributed by atoms with Gasteiger partial charge in [-0.05, 0) is 18.8 Å². The Morgan fingerprint density at radius 3 is 2.47 bits per heavy atom. The molecule has 0 aromatic heterocycles. The molecule has 0 aliphatic heterocycles. The first-order valence-corrected chi connectivity index (χ1v) is 7.99. The van der Waals surface area contributed by atoms with Gasteiger partial charge in [0.15, 0.2) is 0 Å². The van der Waals surface area contributed by atoms with Crippen LogP contribution in [-0.4, -0.2) is 25.7 Å². The van der Waals surface area contributed by atoms with Gasteiger partial charge in [-0.15, -0.1) is 0 Å². The van der Waals surface area contributed by atoms with Crippen LogP contribution in [-0.2, 0) is 9.53 Å². The maximum Gasteiger partial charge on any atom is 0.216 e. The fraction of sp³-hybridized carbons (Fsp3) is 0.938. The maximum absolute atomic E-state index is 10.6. The maximum atomic E-state index is 10.6. The van der Waals surface area contributed by atoms with Gasteiger partial charge in [-0.2, -0.15) is 0 Å².